The summed E-state index contributed by atoms with van der Waals surface area (Å²) in [5.41, 5.74) is -0.574. The molecule has 1 aliphatic rings. The van der Waals surface area contributed by atoms with Crippen LogP contribution in [0.25, 0.3) is 0 Å². The van der Waals surface area contributed by atoms with Crippen LogP contribution in [0.15, 0.2) is 12.1 Å². The van der Waals surface area contributed by atoms with E-state index in [1.54, 1.807) is 0 Å². The van der Waals surface area contributed by atoms with Gasteiger partial charge in [-0.05, 0) is 31.9 Å². The number of ether oxygens (including phenoxy) is 1. The second-order valence-corrected chi connectivity index (χ2v) is 5.81. The van der Waals surface area contributed by atoms with Gasteiger partial charge in [0.05, 0.1) is 12.5 Å². The number of benzene rings is 1. The minimum atomic E-state index is -1.00. The summed E-state index contributed by atoms with van der Waals surface area (Å²) in [4.78, 5) is 13.4. The van der Waals surface area contributed by atoms with E-state index in [2.05, 4.69) is 0 Å². The highest BCUT2D eigenvalue weighted by Gasteiger charge is 2.40. The van der Waals surface area contributed by atoms with Crippen LogP contribution in [0.4, 0.5) is 8.78 Å². The zero-order chi connectivity index (χ0) is 16.3. The van der Waals surface area contributed by atoms with Crippen molar-refractivity contribution in [2.45, 2.75) is 32.7 Å². The third kappa shape index (κ3) is 3.06. The van der Waals surface area contributed by atoms with Crippen LogP contribution in [-0.4, -0.2) is 36.2 Å². The smallest absolute Gasteiger partial charge is 0.310 e. The Hall–Kier alpha value is -1.69. The van der Waals surface area contributed by atoms with Crippen LogP contribution in [0, 0.1) is 17.0 Å². The molecule has 1 aromatic rings. The van der Waals surface area contributed by atoms with Crippen molar-refractivity contribution in [3.8, 4) is 5.75 Å². The van der Waals surface area contributed by atoms with Crippen molar-refractivity contribution in [1.82, 2.24) is 4.90 Å². The topological polar surface area (TPSA) is 49.8 Å². The van der Waals surface area contributed by atoms with Crippen molar-refractivity contribution < 1.29 is 23.4 Å². The third-order valence-electron chi connectivity index (χ3n) is 4.53. The second kappa shape index (κ2) is 6.60. The van der Waals surface area contributed by atoms with Crippen molar-refractivity contribution in [2.24, 2.45) is 5.41 Å². The van der Waals surface area contributed by atoms with Crippen LogP contribution in [0.5, 0.6) is 5.75 Å². The predicted molar refractivity (Wildman–Crippen MR) is 77.8 cm³/mol. The zero-order valence-corrected chi connectivity index (χ0v) is 12.9. The summed E-state index contributed by atoms with van der Waals surface area (Å²) in [7, 11) is 1.28. The van der Waals surface area contributed by atoms with Crippen molar-refractivity contribution >= 4 is 5.97 Å². The summed E-state index contributed by atoms with van der Waals surface area (Å²) in [5, 5.41) is 9.46. The lowest BCUT2D eigenvalue weighted by Gasteiger charge is -2.39. The molecule has 1 saturated heterocycles. The summed E-state index contributed by atoms with van der Waals surface area (Å²) in [6, 6.07) is 2.88. The third-order valence-corrected chi connectivity index (χ3v) is 4.53. The molecule has 2 rings (SSSR count). The Morgan fingerprint density at radius 1 is 1.41 bits per heavy atom. The van der Waals surface area contributed by atoms with Gasteiger partial charge in [-0.2, -0.15) is 4.39 Å². The van der Waals surface area contributed by atoms with E-state index in [0.29, 0.717) is 25.9 Å². The molecule has 0 radical (unpaired) electrons. The van der Waals surface area contributed by atoms with E-state index < -0.39 is 23.0 Å². The minimum absolute atomic E-state index is 0.131. The van der Waals surface area contributed by atoms with Crippen molar-refractivity contribution in [2.75, 3.05) is 20.2 Å². The molecule has 1 aliphatic heterocycles. The van der Waals surface area contributed by atoms with E-state index in [1.165, 1.54) is 19.2 Å². The number of aliphatic carboxylic acids is 1. The van der Waals surface area contributed by atoms with Gasteiger partial charge in [0.15, 0.2) is 11.6 Å². The summed E-state index contributed by atoms with van der Waals surface area (Å²) in [6.07, 6.45) is 1.88. The molecule has 1 N–H and O–H groups in total. The molecule has 1 atom stereocenters. The number of halogens is 2. The Kier molecular flexibility index (Phi) is 5.01. The van der Waals surface area contributed by atoms with Gasteiger partial charge in [0, 0.05) is 18.7 Å². The number of likely N-dealkylation sites (tertiary alicyclic amines) is 1. The Balaban J connectivity index is 2.17. The number of hydrogen-bond acceptors (Lipinski definition) is 3. The number of hydrogen-bond donors (Lipinski definition) is 1. The van der Waals surface area contributed by atoms with Crippen LogP contribution in [0.2, 0.25) is 0 Å². The Morgan fingerprint density at radius 3 is 2.73 bits per heavy atom. The first kappa shape index (κ1) is 16.7. The van der Waals surface area contributed by atoms with Gasteiger partial charge in [-0.25, -0.2) is 4.39 Å². The maximum atomic E-state index is 14.0. The normalized spacial score (nSPS) is 22.5. The Morgan fingerprint density at radius 2 is 2.14 bits per heavy atom. The number of piperidine rings is 1. The Bertz CT molecular complexity index is 565. The van der Waals surface area contributed by atoms with E-state index >= 15 is 0 Å². The molecule has 0 saturated carbocycles. The number of carboxylic acid groups (broad SMARTS) is 1. The van der Waals surface area contributed by atoms with Crippen molar-refractivity contribution in [3.05, 3.63) is 29.3 Å². The highest BCUT2D eigenvalue weighted by Crippen LogP contribution is 2.34. The average molecular weight is 313 g/mol. The molecule has 1 aromatic carbocycles. The number of methoxy groups -OCH3 is 1. The SMILES string of the molecule is CC[C@@]1(C(=O)O)CCCN(Cc2ccc(OC)c(F)c2F)C1. The molecule has 1 heterocycles. The van der Waals surface area contributed by atoms with Gasteiger partial charge in [-0.1, -0.05) is 13.0 Å². The lowest BCUT2D eigenvalue weighted by Crippen LogP contribution is -2.47. The van der Waals surface area contributed by atoms with Crippen LogP contribution >= 0.6 is 0 Å². The fourth-order valence-corrected chi connectivity index (χ4v) is 3.07. The molecule has 122 valence electrons. The molecule has 22 heavy (non-hydrogen) atoms. The maximum absolute atomic E-state index is 14.0. The first-order valence-corrected chi connectivity index (χ1v) is 7.40. The fourth-order valence-electron chi connectivity index (χ4n) is 3.07. The first-order chi connectivity index (χ1) is 10.4. The molecule has 0 aliphatic carbocycles. The largest absolute Gasteiger partial charge is 0.494 e. The molecule has 1 fully saturated rings. The molecule has 0 unspecified atom stereocenters. The molecular formula is C16H21F2NO3. The van der Waals surface area contributed by atoms with E-state index in [9.17, 15) is 18.7 Å². The van der Waals surface area contributed by atoms with E-state index in [0.717, 1.165) is 6.42 Å². The van der Waals surface area contributed by atoms with Crippen LogP contribution in [-0.2, 0) is 11.3 Å². The summed E-state index contributed by atoms with van der Waals surface area (Å²) in [5.74, 6) is -2.88. The van der Waals surface area contributed by atoms with Crippen molar-refractivity contribution in [1.29, 1.82) is 0 Å². The molecule has 0 aromatic heterocycles. The van der Waals surface area contributed by atoms with Gasteiger partial charge >= 0.3 is 5.97 Å². The predicted octanol–water partition coefficient (Wildman–Crippen LogP) is 3.05. The average Bonchev–Trinajstić information content (AvgIpc) is 2.52. The van der Waals surface area contributed by atoms with Crippen LogP contribution < -0.4 is 4.74 Å². The molecule has 0 amide bonds. The van der Waals surface area contributed by atoms with Crippen molar-refractivity contribution in [3.63, 3.8) is 0 Å². The summed E-state index contributed by atoms with van der Waals surface area (Å²) in [6.45, 7) is 3.08. The van der Waals surface area contributed by atoms with E-state index in [-0.39, 0.29) is 17.9 Å². The zero-order valence-electron chi connectivity index (χ0n) is 12.9. The maximum Gasteiger partial charge on any atom is 0.310 e. The van der Waals surface area contributed by atoms with Gasteiger partial charge in [0.2, 0.25) is 5.82 Å². The van der Waals surface area contributed by atoms with Gasteiger partial charge in [0.1, 0.15) is 0 Å². The standard InChI is InChI=1S/C16H21F2NO3/c1-3-16(15(20)21)7-4-8-19(10-16)9-11-5-6-12(22-2)14(18)13(11)17/h5-6H,3-4,7-10H2,1-2H3,(H,20,21)/t16-/m1/s1. The summed E-state index contributed by atoms with van der Waals surface area (Å²) < 4.78 is 32.5. The molecule has 4 nitrogen and oxygen atoms in total. The fraction of sp³-hybridized carbons (Fsp3) is 0.562. The summed E-state index contributed by atoms with van der Waals surface area (Å²) >= 11 is 0. The van der Waals surface area contributed by atoms with Gasteiger partial charge in [-0.15, -0.1) is 0 Å². The lowest BCUT2D eigenvalue weighted by atomic mass is 9.77. The van der Waals surface area contributed by atoms with Crippen LogP contribution in [0.3, 0.4) is 0 Å². The number of nitrogens with zero attached hydrogens (tertiary/aromatic N) is 1. The highest BCUT2D eigenvalue weighted by atomic mass is 19.2. The van der Waals surface area contributed by atoms with Gasteiger partial charge in [-0.3, -0.25) is 9.69 Å². The van der Waals surface area contributed by atoms with Gasteiger partial charge in [0.25, 0.3) is 0 Å². The molecule has 0 spiro atoms. The molecular weight excluding hydrogens is 292 g/mol. The Labute approximate surface area is 128 Å². The first-order valence-electron chi connectivity index (χ1n) is 7.40. The monoisotopic (exact) mass is 313 g/mol. The van der Waals surface area contributed by atoms with E-state index in [4.69, 9.17) is 4.74 Å². The van der Waals surface area contributed by atoms with E-state index in [1.807, 2.05) is 11.8 Å². The van der Waals surface area contributed by atoms with Crippen LogP contribution in [0.1, 0.15) is 31.7 Å². The number of carboxylic acids is 1. The highest BCUT2D eigenvalue weighted by molar-refractivity contribution is 5.75. The quantitative estimate of drug-likeness (QED) is 0.908. The molecule has 6 heteroatoms. The lowest BCUT2D eigenvalue weighted by molar-refractivity contribution is -0.153. The van der Waals surface area contributed by atoms with Gasteiger partial charge < -0.3 is 9.84 Å². The number of rotatable bonds is 5. The second-order valence-electron chi connectivity index (χ2n) is 5.81. The molecule has 0 bridgehead atoms. The number of carbonyl (C=O) groups is 1. The minimum Gasteiger partial charge on any atom is -0.494 e.